The number of amides is 1. The van der Waals surface area contributed by atoms with Gasteiger partial charge in [0.15, 0.2) is 6.61 Å². The molecule has 5 nitrogen and oxygen atoms in total. The number of hydrogen-bond acceptors (Lipinski definition) is 4. The van der Waals surface area contributed by atoms with E-state index in [-0.39, 0.29) is 30.9 Å². The maximum absolute atomic E-state index is 12.0. The van der Waals surface area contributed by atoms with Crippen molar-refractivity contribution in [1.82, 2.24) is 5.32 Å². The molecule has 0 saturated heterocycles. The summed E-state index contributed by atoms with van der Waals surface area (Å²) in [6.07, 6.45) is 0.204. The fraction of sp³-hybridized carbons (Fsp3) is 0.263. The largest absolute Gasteiger partial charge is 0.484 e. The van der Waals surface area contributed by atoms with Crippen LogP contribution in [0.1, 0.15) is 24.1 Å². The molecule has 2 aromatic rings. The van der Waals surface area contributed by atoms with Crippen molar-refractivity contribution in [2.24, 2.45) is 0 Å². The Morgan fingerprint density at radius 1 is 1.08 bits per heavy atom. The molecule has 25 heavy (non-hydrogen) atoms. The average Bonchev–Trinajstić information content (AvgIpc) is 2.61. The number of nitrogens with one attached hydrogen (secondary N) is 1. The first kappa shape index (κ1) is 18.8. The molecular formula is C19H20ClNO4. The monoisotopic (exact) mass is 361 g/mol. The Morgan fingerprint density at radius 2 is 1.72 bits per heavy atom. The predicted molar refractivity (Wildman–Crippen MR) is 95.7 cm³/mol. The number of methoxy groups -OCH3 is 1. The molecule has 6 heteroatoms. The molecule has 0 bridgehead atoms. The number of benzene rings is 2. The van der Waals surface area contributed by atoms with Gasteiger partial charge in [0.25, 0.3) is 5.91 Å². The van der Waals surface area contributed by atoms with E-state index in [4.69, 9.17) is 16.3 Å². The first-order chi connectivity index (χ1) is 12.0. The lowest BCUT2D eigenvalue weighted by Gasteiger charge is -2.15. The fourth-order valence-corrected chi connectivity index (χ4v) is 2.34. The summed E-state index contributed by atoms with van der Waals surface area (Å²) in [6, 6.07) is 14.1. The molecule has 1 atom stereocenters. The number of halogens is 1. The molecular weight excluding hydrogens is 342 g/mol. The Bertz CT molecular complexity index is 713. The zero-order valence-corrected chi connectivity index (χ0v) is 14.9. The minimum absolute atomic E-state index is 0.0890. The van der Waals surface area contributed by atoms with E-state index >= 15 is 0 Å². The lowest BCUT2D eigenvalue weighted by Crippen LogP contribution is -2.31. The van der Waals surface area contributed by atoms with Crippen molar-refractivity contribution in [1.29, 1.82) is 0 Å². The van der Waals surface area contributed by atoms with E-state index in [1.54, 1.807) is 36.4 Å². The van der Waals surface area contributed by atoms with Gasteiger partial charge in [-0.3, -0.25) is 9.59 Å². The standard InChI is InChI=1S/C19H20ClNO4/c1-13(15-5-7-16(20)8-6-15)21-18(22)12-25-17-9-3-14(4-10-17)11-19(23)24-2/h3-10,13H,11-12H2,1-2H3,(H,21,22). The van der Waals surface area contributed by atoms with Gasteiger partial charge in [-0.2, -0.15) is 0 Å². The second-order valence-corrected chi connectivity index (χ2v) is 5.96. The third kappa shape index (κ3) is 6.12. The summed E-state index contributed by atoms with van der Waals surface area (Å²) >= 11 is 5.85. The van der Waals surface area contributed by atoms with Gasteiger partial charge in [-0.15, -0.1) is 0 Å². The average molecular weight is 362 g/mol. The Hall–Kier alpha value is -2.53. The predicted octanol–water partition coefficient (Wildman–Crippen LogP) is 3.31. The summed E-state index contributed by atoms with van der Waals surface area (Å²) in [7, 11) is 1.35. The molecule has 0 fully saturated rings. The molecule has 0 spiro atoms. The molecule has 0 aromatic heterocycles. The van der Waals surface area contributed by atoms with Gasteiger partial charge in [0.1, 0.15) is 5.75 Å². The molecule has 132 valence electrons. The highest BCUT2D eigenvalue weighted by atomic mass is 35.5. The minimum atomic E-state index is -0.302. The van der Waals surface area contributed by atoms with Crippen molar-refractivity contribution >= 4 is 23.5 Å². The van der Waals surface area contributed by atoms with Crippen LogP contribution in [0.4, 0.5) is 0 Å². The Morgan fingerprint density at radius 3 is 2.32 bits per heavy atom. The van der Waals surface area contributed by atoms with Crippen molar-refractivity contribution in [3.05, 3.63) is 64.7 Å². The van der Waals surface area contributed by atoms with Gasteiger partial charge < -0.3 is 14.8 Å². The van der Waals surface area contributed by atoms with Crippen LogP contribution >= 0.6 is 11.6 Å². The number of carbonyl (C=O) groups is 2. The molecule has 2 rings (SSSR count). The molecule has 1 amide bonds. The first-order valence-corrected chi connectivity index (χ1v) is 8.19. The minimum Gasteiger partial charge on any atom is -0.484 e. The lowest BCUT2D eigenvalue weighted by atomic mass is 10.1. The summed E-state index contributed by atoms with van der Waals surface area (Å²) < 4.78 is 10.1. The summed E-state index contributed by atoms with van der Waals surface area (Å²) in [5.41, 5.74) is 1.78. The van der Waals surface area contributed by atoms with Crippen LogP contribution in [0.2, 0.25) is 5.02 Å². The quantitative estimate of drug-likeness (QED) is 0.768. The van der Waals surface area contributed by atoms with E-state index in [0.717, 1.165) is 11.1 Å². The highest BCUT2D eigenvalue weighted by Crippen LogP contribution is 2.16. The molecule has 1 N–H and O–H groups in total. The second-order valence-electron chi connectivity index (χ2n) is 5.53. The SMILES string of the molecule is COC(=O)Cc1ccc(OCC(=O)NC(C)c2ccc(Cl)cc2)cc1. The van der Waals surface area contributed by atoms with Crippen LogP contribution in [0.3, 0.4) is 0 Å². The topological polar surface area (TPSA) is 64.6 Å². The number of rotatable bonds is 7. The Balaban J connectivity index is 1.81. The summed E-state index contributed by atoms with van der Waals surface area (Å²) in [5, 5.41) is 3.52. The molecule has 0 aliphatic heterocycles. The molecule has 2 aromatic carbocycles. The second kappa shape index (κ2) is 9.08. The van der Waals surface area contributed by atoms with Gasteiger partial charge >= 0.3 is 5.97 Å². The van der Waals surface area contributed by atoms with Gasteiger partial charge in [-0.25, -0.2) is 0 Å². The van der Waals surface area contributed by atoms with Crippen molar-refractivity contribution in [2.75, 3.05) is 13.7 Å². The van der Waals surface area contributed by atoms with E-state index in [1.165, 1.54) is 7.11 Å². The fourth-order valence-electron chi connectivity index (χ4n) is 2.21. The van der Waals surface area contributed by atoms with Crippen LogP contribution in [-0.4, -0.2) is 25.6 Å². The molecule has 0 aliphatic rings. The summed E-state index contributed by atoms with van der Waals surface area (Å²) in [4.78, 5) is 23.2. The zero-order valence-electron chi connectivity index (χ0n) is 14.1. The van der Waals surface area contributed by atoms with Crippen LogP contribution in [-0.2, 0) is 20.7 Å². The van der Waals surface area contributed by atoms with Crippen molar-refractivity contribution in [3.63, 3.8) is 0 Å². The number of ether oxygens (including phenoxy) is 2. The lowest BCUT2D eigenvalue weighted by molar-refractivity contribution is -0.139. The number of esters is 1. The van der Waals surface area contributed by atoms with E-state index < -0.39 is 0 Å². The van der Waals surface area contributed by atoms with Crippen LogP contribution in [0.5, 0.6) is 5.75 Å². The highest BCUT2D eigenvalue weighted by Gasteiger charge is 2.10. The van der Waals surface area contributed by atoms with Gasteiger partial charge in [-0.1, -0.05) is 35.9 Å². The smallest absolute Gasteiger partial charge is 0.309 e. The van der Waals surface area contributed by atoms with Crippen LogP contribution < -0.4 is 10.1 Å². The van der Waals surface area contributed by atoms with Gasteiger partial charge in [0, 0.05) is 5.02 Å². The maximum atomic E-state index is 12.0. The molecule has 1 unspecified atom stereocenters. The number of hydrogen-bond donors (Lipinski definition) is 1. The molecule has 0 heterocycles. The maximum Gasteiger partial charge on any atom is 0.309 e. The van der Waals surface area contributed by atoms with Crippen molar-refractivity contribution in [3.8, 4) is 5.75 Å². The van der Waals surface area contributed by atoms with Crippen LogP contribution in [0, 0.1) is 0 Å². The molecule has 0 aliphatic carbocycles. The highest BCUT2D eigenvalue weighted by molar-refractivity contribution is 6.30. The summed E-state index contributed by atoms with van der Waals surface area (Å²) in [5.74, 6) is 0.0354. The normalized spacial score (nSPS) is 11.5. The number of carbonyl (C=O) groups excluding carboxylic acids is 2. The van der Waals surface area contributed by atoms with Crippen molar-refractivity contribution < 1.29 is 19.1 Å². The van der Waals surface area contributed by atoms with E-state index in [0.29, 0.717) is 10.8 Å². The summed E-state index contributed by atoms with van der Waals surface area (Å²) in [6.45, 7) is 1.80. The Labute approximate surface area is 151 Å². The van der Waals surface area contributed by atoms with Crippen molar-refractivity contribution in [2.45, 2.75) is 19.4 Å². The Kier molecular flexibility index (Phi) is 6.83. The molecule has 0 radical (unpaired) electrons. The molecule has 0 saturated carbocycles. The van der Waals surface area contributed by atoms with E-state index in [9.17, 15) is 9.59 Å². The van der Waals surface area contributed by atoms with Gasteiger partial charge in [0.05, 0.1) is 19.6 Å². The first-order valence-electron chi connectivity index (χ1n) is 7.81. The third-order valence-corrected chi connectivity index (χ3v) is 3.87. The van der Waals surface area contributed by atoms with E-state index in [2.05, 4.69) is 10.1 Å². The van der Waals surface area contributed by atoms with Gasteiger partial charge in [-0.05, 0) is 42.3 Å². The third-order valence-electron chi connectivity index (χ3n) is 3.62. The van der Waals surface area contributed by atoms with Gasteiger partial charge in [0.2, 0.25) is 0 Å². The van der Waals surface area contributed by atoms with Crippen LogP contribution in [0.15, 0.2) is 48.5 Å². The van der Waals surface area contributed by atoms with Crippen LogP contribution in [0.25, 0.3) is 0 Å². The zero-order chi connectivity index (χ0) is 18.2. The van der Waals surface area contributed by atoms with E-state index in [1.807, 2.05) is 19.1 Å².